The molecule has 1 unspecified atom stereocenters. The van der Waals surface area contributed by atoms with Crippen LogP contribution in [0.4, 0.5) is 13.2 Å². The summed E-state index contributed by atoms with van der Waals surface area (Å²) in [7, 11) is 0. The van der Waals surface area contributed by atoms with Crippen LogP contribution < -0.4 is 5.73 Å². The van der Waals surface area contributed by atoms with Crippen molar-refractivity contribution in [3.8, 4) is 0 Å². The lowest BCUT2D eigenvalue weighted by atomic mass is 9.95. The molecule has 0 amide bonds. The van der Waals surface area contributed by atoms with Crippen LogP contribution in [-0.4, -0.2) is 0 Å². The van der Waals surface area contributed by atoms with Crippen LogP contribution in [-0.2, 0) is 0 Å². The van der Waals surface area contributed by atoms with Gasteiger partial charge in [0.15, 0.2) is 11.6 Å². The van der Waals surface area contributed by atoms with Gasteiger partial charge in [-0.2, -0.15) is 0 Å². The van der Waals surface area contributed by atoms with E-state index in [1.807, 2.05) is 0 Å². The number of benzene rings is 2. The standard InChI is InChI=1S/C14H11ClF3N/c1-7-4-8(15)2-3-9(7)14(19)10-5-12(17)13(18)6-11(10)16/h2-6,14H,19H2,1H3. The van der Waals surface area contributed by atoms with Gasteiger partial charge in [0, 0.05) is 16.7 Å². The summed E-state index contributed by atoms with van der Waals surface area (Å²) in [5.41, 5.74) is 7.18. The maximum atomic E-state index is 13.7. The molecule has 5 heteroatoms. The van der Waals surface area contributed by atoms with Gasteiger partial charge in [-0.3, -0.25) is 0 Å². The Balaban J connectivity index is 2.49. The van der Waals surface area contributed by atoms with Crippen LogP contribution in [0.2, 0.25) is 5.02 Å². The first-order valence-corrected chi connectivity index (χ1v) is 5.94. The molecule has 2 N–H and O–H groups in total. The van der Waals surface area contributed by atoms with Gasteiger partial charge in [0.05, 0.1) is 6.04 Å². The second-order valence-electron chi connectivity index (χ2n) is 4.27. The molecule has 0 aliphatic rings. The molecule has 2 aromatic rings. The molecular formula is C14H11ClF3N. The number of hydrogen-bond donors (Lipinski definition) is 1. The molecule has 0 aliphatic heterocycles. The van der Waals surface area contributed by atoms with Crippen molar-refractivity contribution in [1.29, 1.82) is 0 Å². The highest BCUT2D eigenvalue weighted by atomic mass is 35.5. The monoisotopic (exact) mass is 285 g/mol. The normalized spacial score (nSPS) is 12.5. The van der Waals surface area contributed by atoms with Crippen LogP contribution in [0, 0.1) is 24.4 Å². The smallest absolute Gasteiger partial charge is 0.161 e. The Hall–Kier alpha value is -1.52. The topological polar surface area (TPSA) is 26.0 Å². The van der Waals surface area contributed by atoms with Gasteiger partial charge in [-0.25, -0.2) is 13.2 Å². The minimum atomic E-state index is -1.23. The van der Waals surface area contributed by atoms with Crippen molar-refractivity contribution in [3.63, 3.8) is 0 Å². The Morgan fingerprint density at radius 2 is 1.58 bits per heavy atom. The van der Waals surface area contributed by atoms with Crippen molar-refractivity contribution in [1.82, 2.24) is 0 Å². The van der Waals surface area contributed by atoms with E-state index >= 15 is 0 Å². The summed E-state index contributed by atoms with van der Waals surface area (Å²) in [4.78, 5) is 0. The van der Waals surface area contributed by atoms with E-state index in [0.717, 1.165) is 11.6 Å². The first kappa shape index (κ1) is 13.9. The van der Waals surface area contributed by atoms with Crippen molar-refractivity contribution in [3.05, 3.63) is 69.5 Å². The van der Waals surface area contributed by atoms with Gasteiger partial charge < -0.3 is 5.73 Å². The van der Waals surface area contributed by atoms with Gasteiger partial charge in [-0.1, -0.05) is 17.7 Å². The summed E-state index contributed by atoms with van der Waals surface area (Å²) < 4.78 is 39.7. The lowest BCUT2D eigenvalue weighted by Gasteiger charge is -2.16. The highest BCUT2D eigenvalue weighted by molar-refractivity contribution is 6.30. The van der Waals surface area contributed by atoms with Crippen molar-refractivity contribution in [2.45, 2.75) is 13.0 Å². The van der Waals surface area contributed by atoms with Crippen molar-refractivity contribution in [2.24, 2.45) is 5.73 Å². The van der Waals surface area contributed by atoms with Crippen molar-refractivity contribution >= 4 is 11.6 Å². The van der Waals surface area contributed by atoms with E-state index < -0.39 is 23.5 Å². The molecule has 0 spiro atoms. The molecule has 0 saturated carbocycles. The second kappa shape index (κ2) is 5.23. The summed E-state index contributed by atoms with van der Waals surface area (Å²) in [5.74, 6) is -3.24. The van der Waals surface area contributed by atoms with Crippen molar-refractivity contribution < 1.29 is 13.2 Å². The number of nitrogens with two attached hydrogens (primary N) is 1. The van der Waals surface area contributed by atoms with E-state index in [2.05, 4.69) is 0 Å². The Morgan fingerprint density at radius 3 is 2.21 bits per heavy atom. The Labute approximate surface area is 113 Å². The molecule has 0 fully saturated rings. The first-order valence-electron chi connectivity index (χ1n) is 5.56. The van der Waals surface area contributed by atoms with Gasteiger partial charge in [0.1, 0.15) is 5.82 Å². The molecule has 0 aromatic heterocycles. The molecule has 0 bridgehead atoms. The largest absolute Gasteiger partial charge is 0.320 e. The Bertz CT molecular complexity index is 628. The van der Waals surface area contributed by atoms with E-state index in [1.165, 1.54) is 0 Å². The van der Waals surface area contributed by atoms with E-state index in [9.17, 15) is 13.2 Å². The molecule has 100 valence electrons. The maximum Gasteiger partial charge on any atom is 0.161 e. The van der Waals surface area contributed by atoms with Crippen LogP contribution >= 0.6 is 11.6 Å². The Kier molecular flexibility index (Phi) is 3.83. The summed E-state index contributed by atoms with van der Waals surface area (Å²) in [5, 5.41) is 0.527. The zero-order valence-corrected chi connectivity index (χ0v) is 10.8. The summed E-state index contributed by atoms with van der Waals surface area (Å²) in [6.07, 6.45) is 0. The third kappa shape index (κ3) is 2.74. The van der Waals surface area contributed by atoms with Crippen LogP contribution in [0.3, 0.4) is 0 Å². The molecule has 19 heavy (non-hydrogen) atoms. The lowest BCUT2D eigenvalue weighted by molar-refractivity contribution is 0.487. The minimum Gasteiger partial charge on any atom is -0.320 e. The van der Waals surface area contributed by atoms with Crippen LogP contribution in [0.5, 0.6) is 0 Å². The molecule has 0 saturated heterocycles. The number of halogens is 4. The van der Waals surface area contributed by atoms with Gasteiger partial charge in [-0.15, -0.1) is 0 Å². The quantitative estimate of drug-likeness (QED) is 0.826. The van der Waals surface area contributed by atoms with Gasteiger partial charge in [0.25, 0.3) is 0 Å². The van der Waals surface area contributed by atoms with Gasteiger partial charge >= 0.3 is 0 Å². The lowest BCUT2D eigenvalue weighted by Crippen LogP contribution is -2.15. The maximum absolute atomic E-state index is 13.7. The highest BCUT2D eigenvalue weighted by Crippen LogP contribution is 2.27. The molecule has 2 rings (SSSR count). The number of hydrogen-bond acceptors (Lipinski definition) is 1. The van der Waals surface area contributed by atoms with Crippen molar-refractivity contribution in [2.75, 3.05) is 0 Å². The SMILES string of the molecule is Cc1cc(Cl)ccc1C(N)c1cc(F)c(F)cc1F. The average molecular weight is 286 g/mol. The molecule has 1 atom stereocenters. The zero-order chi connectivity index (χ0) is 14.2. The molecule has 2 aromatic carbocycles. The minimum absolute atomic E-state index is 0.0932. The molecule has 1 nitrogen and oxygen atoms in total. The third-order valence-corrected chi connectivity index (χ3v) is 3.18. The highest BCUT2D eigenvalue weighted by Gasteiger charge is 2.18. The van der Waals surface area contributed by atoms with Crippen LogP contribution in [0.15, 0.2) is 30.3 Å². The van der Waals surface area contributed by atoms with Crippen LogP contribution in [0.1, 0.15) is 22.7 Å². The summed E-state index contributed by atoms with van der Waals surface area (Å²) in [6.45, 7) is 1.76. The third-order valence-electron chi connectivity index (χ3n) is 2.94. The van der Waals surface area contributed by atoms with Crippen LogP contribution in [0.25, 0.3) is 0 Å². The predicted octanol–water partition coefficient (Wildman–Crippen LogP) is 4.11. The Morgan fingerprint density at radius 1 is 0.947 bits per heavy atom. The zero-order valence-electron chi connectivity index (χ0n) is 10.1. The van der Waals surface area contributed by atoms with E-state index in [1.54, 1.807) is 25.1 Å². The van der Waals surface area contributed by atoms with E-state index in [4.69, 9.17) is 17.3 Å². The predicted molar refractivity (Wildman–Crippen MR) is 68.5 cm³/mol. The van der Waals surface area contributed by atoms with E-state index in [-0.39, 0.29) is 5.56 Å². The average Bonchev–Trinajstić information content (AvgIpc) is 2.33. The molecule has 0 aliphatic carbocycles. The van der Waals surface area contributed by atoms with E-state index in [0.29, 0.717) is 16.7 Å². The molecule has 0 radical (unpaired) electrons. The summed E-state index contributed by atoms with van der Waals surface area (Å²) >= 11 is 5.82. The van der Waals surface area contributed by atoms with Gasteiger partial charge in [0.2, 0.25) is 0 Å². The van der Waals surface area contributed by atoms with Gasteiger partial charge in [-0.05, 0) is 36.2 Å². The first-order chi connectivity index (χ1) is 8.90. The number of aryl methyl sites for hydroxylation is 1. The fraction of sp³-hybridized carbons (Fsp3) is 0.143. The summed E-state index contributed by atoms with van der Waals surface area (Å²) in [6, 6.07) is 5.32. The second-order valence-corrected chi connectivity index (χ2v) is 4.70. The molecule has 0 heterocycles. The number of rotatable bonds is 2. The fourth-order valence-electron chi connectivity index (χ4n) is 1.93. The molecular weight excluding hydrogens is 275 g/mol. The fourth-order valence-corrected chi connectivity index (χ4v) is 2.16.